The summed E-state index contributed by atoms with van der Waals surface area (Å²) >= 11 is 1.70. The molecule has 0 amide bonds. The third-order valence-corrected chi connectivity index (χ3v) is 4.39. The van der Waals surface area contributed by atoms with Crippen molar-refractivity contribution in [1.82, 2.24) is 15.5 Å². The minimum atomic E-state index is -0.515. The largest absolute Gasteiger partial charge is 0.464 e. The van der Waals surface area contributed by atoms with E-state index in [4.69, 9.17) is 10.8 Å². The van der Waals surface area contributed by atoms with Crippen LogP contribution >= 0.6 is 11.8 Å². The van der Waals surface area contributed by atoms with E-state index in [-0.39, 0.29) is 6.54 Å². The number of terminal acetylenes is 1. The zero-order valence-electron chi connectivity index (χ0n) is 14.8. The Labute approximate surface area is 153 Å². The molecule has 0 aliphatic heterocycles. The summed E-state index contributed by atoms with van der Waals surface area (Å²) in [7, 11) is 0. The van der Waals surface area contributed by atoms with Crippen molar-refractivity contribution in [1.29, 1.82) is 0 Å². The average molecular weight is 366 g/mol. The van der Waals surface area contributed by atoms with E-state index in [9.17, 15) is 10.1 Å². The fourth-order valence-electron chi connectivity index (χ4n) is 2.09. The molecule has 0 saturated heterocycles. The van der Waals surface area contributed by atoms with Gasteiger partial charge in [0.25, 0.3) is 6.20 Å². The molecule has 0 aromatic carbocycles. The van der Waals surface area contributed by atoms with E-state index in [1.165, 1.54) is 0 Å². The number of nitrogens with zero attached hydrogens (tertiary/aromatic N) is 2. The first-order valence-corrected chi connectivity index (χ1v) is 9.38. The summed E-state index contributed by atoms with van der Waals surface area (Å²) in [6, 6.07) is 4.03. The molecule has 138 valence electrons. The van der Waals surface area contributed by atoms with E-state index < -0.39 is 4.92 Å². The normalized spacial score (nSPS) is 11.4. The molecule has 8 heteroatoms. The highest BCUT2D eigenvalue weighted by atomic mass is 32.2. The predicted octanol–water partition coefficient (Wildman–Crippen LogP) is 2.24. The van der Waals surface area contributed by atoms with Gasteiger partial charge in [-0.2, -0.15) is 11.8 Å². The first kappa shape index (κ1) is 20.9. The molecule has 0 fully saturated rings. The van der Waals surface area contributed by atoms with Crippen molar-refractivity contribution in [3.8, 4) is 12.3 Å². The van der Waals surface area contributed by atoms with Crippen LogP contribution in [0, 0.1) is 22.5 Å². The number of rotatable bonds is 13. The van der Waals surface area contributed by atoms with Gasteiger partial charge in [0, 0.05) is 12.3 Å². The molecule has 0 spiro atoms. The highest BCUT2D eigenvalue weighted by Gasteiger charge is 2.06. The second-order valence-corrected chi connectivity index (χ2v) is 6.30. The summed E-state index contributed by atoms with van der Waals surface area (Å²) in [6.45, 7) is 7.93. The topological polar surface area (TPSA) is 83.6 Å². The van der Waals surface area contributed by atoms with Crippen LogP contribution in [0.3, 0.4) is 0 Å². The van der Waals surface area contributed by atoms with Crippen molar-refractivity contribution in [2.75, 3.05) is 31.9 Å². The van der Waals surface area contributed by atoms with Crippen LogP contribution in [0.1, 0.15) is 25.4 Å². The fourth-order valence-corrected chi connectivity index (χ4v) is 2.84. The Bertz CT molecular complexity index is 591. The average Bonchev–Trinajstić information content (AvgIpc) is 3.04. The second-order valence-electron chi connectivity index (χ2n) is 5.19. The van der Waals surface area contributed by atoms with Crippen LogP contribution in [0.15, 0.2) is 28.6 Å². The summed E-state index contributed by atoms with van der Waals surface area (Å²) < 4.78 is 5.83. The van der Waals surface area contributed by atoms with Crippen LogP contribution in [-0.2, 0) is 12.3 Å². The zero-order valence-corrected chi connectivity index (χ0v) is 15.6. The maximum atomic E-state index is 10.5. The van der Waals surface area contributed by atoms with Gasteiger partial charge in [0.1, 0.15) is 11.5 Å². The molecule has 0 atom stereocenters. The number of hydrogen-bond acceptors (Lipinski definition) is 7. The van der Waals surface area contributed by atoms with Crippen molar-refractivity contribution < 1.29 is 9.34 Å². The van der Waals surface area contributed by atoms with Gasteiger partial charge in [-0.1, -0.05) is 19.8 Å². The minimum Gasteiger partial charge on any atom is -0.464 e. The van der Waals surface area contributed by atoms with Crippen LogP contribution in [0.5, 0.6) is 0 Å². The molecule has 0 radical (unpaired) electrons. The van der Waals surface area contributed by atoms with Gasteiger partial charge in [0.15, 0.2) is 5.82 Å². The fraction of sp³-hybridized carbons (Fsp3) is 0.529. The van der Waals surface area contributed by atoms with Crippen LogP contribution in [0.25, 0.3) is 0 Å². The SMILES string of the molecule is C#CCNC(=C[N+](=O)[O-])NCCSCc1ccc(CN(CC)CC)o1. The summed E-state index contributed by atoms with van der Waals surface area (Å²) in [5.74, 6) is 6.19. The third kappa shape index (κ3) is 9.08. The second kappa shape index (κ2) is 12.3. The quantitative estimate of drug-likeness (QED) is 0.240. The van der Waals surface area contributed by atoms with Crippen LogP contribution in [0.2, 0.25) is 0 Å². The van der Waals surface area contributed by atoms with Crippen molar-refractivity contribution in [3.63, 3.8) is 0 Å². The van der Waals surface area contributed by atoms with Gasteiger partial charge in [0.05, 0.1) is 23.8 Å². The van der Waals surface area contributed by atoms with Crippen LogP contribution < -0.4 is 10.6 Å². The molecule has 1 heterocycles. The standard InChI is InChI=1S/C17H26N4O3S/c1-4-9-18-17(13-21(22)23)19-10-11-25-14-16-8-7-15(24-16)12-20(5-2)6-3/h1,7-8,13,18-19H,5-6,9-12,14H2,2-3H3. The molecule has 0 aliphatic rings. The van der Waals surface area contributed by atoms with Gasteiger partial charge >= 0.3 is 0 Å². The Morgan fingerprint density at radius 1 is 1.40 bits per heavy atom. The Hall–Kier alpha value is -2.11. The number of nitrogens with one attached hydrogen (secondary N) is 2. The molecule has 25 heavy (non-hydrogen) atoms. The molecule has 0 aliphatic carbocycles. The third-order valence-electron chi connectivity index (χ3n) is 3.41. The van der Waals surface area contributed by atoms with Gasteiger partial charge in [-0.15, -0.1) is 6.42 Å². The van der Waals surface area contributed by atoms with Gasteiger partial charge < -0.3 is 15.1 Å². The lowest BCUT2D eigenvalue weighted by Gasteiger charge is -2.15. The van der Waals surface area contributed by atoms with E-state index in [1.54, 1.807) is 11.8 Å². The van der Waals surface area contributed by atoms with Crippen molar-refractivity contribution in [2.45, 2.75) is 26.1 Å². The predicted molar refractivity (Wildman–Crippen MR) is 101 cm³/mol. The number of hydrogen-bond donors (Lipinski definition) is 2. The van der Waals surface area contributed by atoms with Crippen molar-refractivity contribution in [3.05, 3.63) is 45.8 Å². The van der Waals surface area contributed by atoms with E-state index >= 15 is 0 Å². The molecular formula is C17H26N4O3S. The Morgan fingerprint density at radius 3 is 2.76 bits per heavy atom. The lowest BCUT2D eigenvalue weighted by atomic mass is 10.4. The molecule has 0 bridgehead atoms. The summed E-state index contributed by atoms with van der Waals surface area (Å²) in [6.07, 6.45) is 6.03. The van der Waals surface area contributed by atoms with Gasteiger partial charge in [-0.3, -0.25) is 15.0 Å². The summed E-state index contributed by atoms with van der Waals surface area (Å²) in [4.78, 5) is 12.3. The molecule has 0 unspecified atom stereocenters. The Morgan fingerprint density at radius 2 is 2.12 bits per heavy atom. The minimum absolute atomic E-state index is 0.238. The number of nitro groups is 1. The Kier molecular flexibility index (Phi) is 10.3. The van der Waals surface area contributed by atoms with E-state index in [2.05, 4.69) is 35.3 Å². The monoisotopic (exact) mass is 366 g/mol. The van der Waals surface area contributed by atoms with Crippen LogP contribution in [0.4, 0.5) is 0 Å². The van der Waals surface area contributed by atoms with E-state index in [1.807, 2.05) is 12.1 Å². The van der Waals surface area contributed by atoms with Crippen molar-refractivity contribution >= 4 is 11.8 Å². The smallest absolute Gasteiger partial charge is 0.274 e. The lowest BCUT2D eigenvalue weighted by Crippen LogP contribution is -2.29. The van der Waals surface area contributed by atoms with Crippen LogP contribution in [-0.4, -0.2) is 41.8 Å². The molecule has 0 saturated carbocycles. The first-order valence-electron chi connectivity index (χ1n) is 8.23. The van der Waals surface area contributed by atoms with Gasteiger partial charge in [-0.25, -0.2) is 0 Å². The van der Waals surface area contributed by atoms with E-state index in [0.29, 0.717) is 12.4 Å². The maximum absolute atomic E-state index is 10.5. The highest BCUT2D eigenvalue weighted by molar-refractivity contribution is 7.98. The number of thioether (sulfide) groups is 1. The number of furan rings is 1. The molecular weight excluding hydrogens is 340 g/mol. The lowest BCUT2D eigenvalue weighted by molar-refractivity contribution is -0.404. The molecule has 1 aromatic heterocycles. The summed E-state index contributed by atoms with van der Waals surface area (Å²) in [5, 5.41) is 16.3. The van der Waals surface area contributed by atoms with Crippen molar-refractivity contribution in [2.24, 2.45) is 0 Å². The zero-order chi connectivity index (χ0) is 18.5. The molecule has 1 rings (SSSR count). The molecule has 2 N–H and O–H groups in total. The summed E-state index contributed by atoms with van der Waals surface area (Å²) in [5.41, 5.74) is 0. The highest BCUT2D eigenvalue weighted by Crippen LogP contribution is 2.16. The van der Waals surface area contributed by atoms with Gasteiger partial charge in [0.2, 0.25) is 0 Å². The van der Waals surface area contributed by atoms with E-state index in [0.717, 1.165) is 48.9 Å². The van der Waals surface area contributed by atoms with Gasteiger partial charge in [-0.05, 0) is 25.2 Å². The molecule has 1 aromatic rings. The first-order chi connectivity index (χ1) is 12.1. The molecule has 7 nitrogen and oxygen atoms in total. The maximum Gasteiger partial charge on any atom is 0.274 e. The Balaban J connectivity index is 2.30.